The first kappa shape index (κ1) is 21.3. The van der Waals surface area contributed by atoms with Crippen molar-refractivity contribution in [1.82, 2.24) is 0 Å². The van der Waals surface area contributed by atoms with Crippen molar-refractivity contribution in [1.29, 1.82) is 0 Å². The summed E-state index contributed by atoms with van der Waals surface area (Å²) in [6, 6.07) is 14.6. The van der Waals surface area contributed by atoms with E-state index >= 15 is 0 Å². The maximum atomic E-state index is 13.4. The Bertz CT molecular complexity index is 691. The van der Waals surface area contributed by atoms with Gasteiger partial charge in [0.15, 0.2) is 0 Å². The van der Waals surface area contributed by atoms with Crippen molar-refractivity contribution in [2.24, 2.45) is 5.73 Å². The molecule has 0 aromatic heterocycles. The summed E-state index contributed by atoms with van der Waals surface area (Å²) >= 11 is 0. The average molecular weight is 379 g/mol. The molecule has 0 aliphatic carbocycles. The predicted octanol–water partition coefficient (Wildman–Crippen LogP) is 3.25. The monoisotopic (exact) mass is 379 g/mol. The Morgan fingerprint density at radius 1 is 0.963 bits per heavy atom. The predicted molar refractivity (Wildman–Crippen MR) is 101 cm³/mol. The molecule has 0 atom stereocenters. The Labute approximate surface area is 158 Å². The Morgan fingerprint density at radius 2 is 1.67 bits per heavy atom. The van der Waals surface area contributed by atoms with Crippen molar-refractivity contribution in [2.45, 2.75) is 37.6 Å². The summed E-state index contributed by atoms with van der Waals surface area (Å²) in [7, 11) is 0. The van der Waals surface area contributed by atoms with Gasteiger partial charge >= 0.3 is 0 Å². The molecule has 0 bridgehead atoms. The third-order valence-electron chi connectivity index (χ3n) is 4.56. The van der Waals surface area contributed by atoms with E-state index in [1.807, 2.05) is 30.3 Å². The quantitative estimate of drug-likeness (QED) is 0.524. The zero-order chi connectivity index (χ0) is 19.7. The van der Waals surface area contributed by atoms with Crippen LogP contribution < -0.4 is 10.5 Å². The molecule has 0 unspecified atom stereocenters. The van der Waals surface area contributed by atoms with Gasteiger partial charge in [0.25, 0.3) is 6.43 Å². The largest absolute Gasteiger partial charge is 0.493 e. The molecule has 4 nitrogen and oxygen atoms in total. The summed E-state index contributed by atoms with van der Waals surface area (Å²) in [5, 5.41) is 18.5. The van der Waals surface area contributed by atoms with Crippen molar-refractivity contribution in [3.05, 3.63) is 65.2 Å². The van der Waals surface area contributed by atoms with Crippen LogP contribution in [0.3, 0.4) is 0 Å². The van der Waals surface area contributed by atoms with Crippen LogP contribution in [-0.2, 0) is 12.8 Å². The van der Waals surface area contributed by atoms with Crippen molar-refractivity contribution < 1.29 is 23.7 Å². The summed E-state index contributed by atoms with van der Waals surface area (Å²) in [6.07, 6.45) is -0.417. The van der Waals surface area contributed by atoms with Gasteiger partial charge in [-0.15, -0.1) is 0 Å². The molecule has 0 amide bonds. The molecule has 2 aromatic carbocycles. The lowest BCUT2D eigenvalue weighted by Crippen LogP contribution is -2.47. The maximum Gasteiger partial charge on any atom is 0.267 e. The Hall–Kier alpha value is -2.02. The van der Waals surface area contributed by atoms with Gasteiger partial charge in [-0.2, -0.15) is 0 Å². The number of hydrogen-bond donors (Lipinski definition) is 3. The molecule has 2 aromatic rings. The average Bonchev–Trinajstić information content (AvgIpc) is 2.70. The zero-order valence-electron chi connectivity index (χ0n) is 15.3. The van der Waals surface area contributed by atoms with Crippen molar-refractivity contribution in [2.75, 3.05) is 19.8 Å². The number of nitrogens with two attached hydrogens (primary N) is 1. The minimum absolute atomic E-state index is 0.150. The number of benzene rings is 2. The van der Waals surface area contributed by atoms with Crippen LogP contribution in [0.15, 0.2) is 48.5 Å². The van der Waals surface area contributed by atoms with Crippen LogP contribution in [0, 0.1) is 0 Å². The minimum atomic E-state index is -2.65. The lowest BCUT2D eigenvalue weighted by molar-refractivity contribution is 0.114. The van der Waals surface area contributed by atoms with Crippen LogP contribution in [0.2, 0.25) is 0 Å². The highest BCUT2D eigenvalue weighted by Gasteiger charge is 2.23. The van der Waals surface area contributed by atoms with Crippen LogP contribution in [-0.4, -0.2) is 35.6 Å². The molecule has 0 radical (unpaired) electrons. The van der Waals surface area contributed by atoms with Gasteiger partial charge in [-0.3, -0.25) is 0 Å². The van der Waals surface area contributed by atoms with Crippen LogP contribution in [0.5, 0.6) is 5.75 Å². The first-order valence-electron chi connectivity index (χ1n) is 9.06. The highest BCUT2D eigenvalue weighted by molar-refractivity contribution is 5.38. The Kier molecular flexibility index (Phi) is 8.16. The number of rotatable bonds is 11. The number of alkyl halides is 2. The van der Waals surface area contributed by atoms with Gasteiger partial charge in [0.05, 0.1) is 30.9 Å². The summed E-state index contributed by atoms with van der Waals surface area (Å²) in [6.45, 7) is -0.378. The second-order valence-corrected chi connectivity index (χ2v) is 6.79. The van der Waals surface area contributed by atoms with Gasteiger partial charge in [0.2, 0.25) is 0 Å². The van der Waals surface area contributed by atoms with Crippen LogP contribution in [0.25, 0.3) is 0 Å². The lowest BCUT2D eigenvalue weighted by Gasteiger charge is -2.24. The third kappa shape index (κ3) is 6.57. The zero-order valence-corrected chi connectivity index (χ0v) is 15.3. The summed E-state index contributed by atoms with van der Waals surface area (Å²) < 4.78 is 32.4. The van der Waals surface area contributed by atoms with Crippen molar-refractivity contribution >= 4 is 0 Å². The number of aryl methyl sites for hydroxylation is 2. The Balaban J connectivity index is 1.94. The van der Waals surface area contributed by atoms with Gasteiger partial charge < -0.3 is 20.7 Å². The molecule has 0 spiro atoms. The molecular weight excluding hydrogens is 352 g/mol. The van der Waals surface area contributed by atoms with Crippen LogP contribution in [0.4, 0.5) is 8.78 Å². The first-order chi connectivity index (χ1) is 13.0. The second kappa shape index (κ2) is 10.3. The molecule has 6 heteroatoms. The highest BCUT2D eigenvalue weighted by Crippen LogP contribution is 2.31. The summed E-state index contributed by atoms with van der Waals surface area (Å²) in [4.78, 5) is 0. The molecule has 2 rings (SSSR count). The normalized spacial score (nSPS) is 11.8. The van der Waals surface area contributed by atoms with E-state index in [-0.39, 0.29) is 24.5 Å². The topological polar surface area (TPSA) is 75.7 Å². The van der Waals surface area contributed by atoms with E-state index in [1.165, 1.54) is 11.6 Å². The van der Waals surface area contributed by atoms with E-state index in [4.69, 9.17) is 10.5 Å². The van der Waals surface area contributed by atoms with Crippen molar-refractivity contribution in [3.8, 4) is 5.75 Å². The van der Waals surface area contributed by atoms with Gasteiger partial charge in [-0.05, 0) is 48.9 Å². The van der Waals surface area contributed by atoms with Gasteiger partial charge in [0.1, 0.15) is 5.75 Å². The molecule has 0 aliphatic heterocycles. The maximum absolute atomic E-state index is 13.4. The van der Waals surface area contributed by atoms with E-state index in [0.29, 0.717) is 25.0 Å². The fourth-order valence-electron chi connectivity index (χ4n) is 2.76. The van der Waals surface area contributed by atoms with Crippen molar-refractivity contribution in [3.63, 3.8) is 0 Å². The minimum Gasteiger partial charge on any atom is -0.493 e. The van der Waals surface area contributed by atoms with E-state index < -0.39 is 12.0 Å². The lowest BCUT2D eigenvalue weighted by atomic mass is 9.93. The molecule has 0 saturated carbocycles. The molecule has 4 N–H and O–H groups in total. The fourth-order valence-corrected chi connectivity index (χ4v) is 2.76. The first-order valence-corrected chi connectivity index (χ1v) is 9.06. The van der Waals surface area contributed by atoms with Gasteiger partial charge in [-0.1, -0.05) is 36.4 Å². The Morgan fingerprint density at radius 3 is 2.30 bits per heavy atom. The second-order valence-electron chi connectivity index (χ2n) is 6.79. The van der Waals surface area contributed by atoms with Gasteiger partial charge in [0, 0.05) is 0 Å². The third-order valence-corrected chi connectivity index (χ3v) is 4.56. The smallest absolute Gasteiger partial charge is 0.267 e. The number of hydrogen-bond acceptors (Lipinski definition) is 4. The SMILES string of the molecule is NC(CO)(CO)CCc1ccc(OCCCc2ccccc2)c(C(F)F)c1. The fraction of sp³-hybridized carbons (Fsp3) is 0.429. The van der Waals surface area contributed by atoms with E-state index in [2.05, 4.69) is 0 Å². The molecule has 0 heterocycles. The number of aliphatic hydroxyl groups excluding tert-OH is 2. The van der Waals surface area contributed by atoms with E-state index in [9.17, 15) is 19.0 Å². The van der Waals surface area contributed by atoms with Crippen LogP contribution >= 0.6 is 0 Å². The standard InChI is InChI=1S/C21H27F2NO3/c22-20(23)18-13-17(10-11-21(24,14-25)15-26)8-9-19(18)27-12-4-7-16-5-2-1-3-6-16/h1-3,5-6,8-9,13,20,25-26H,4,7,10-12,14-15,24H2. The molecule has 148 valence electrons. The molecule has 27 heavy (non-hydrogen) atoms. The molecule has 0 saturated heterocycles. The number of aliphatic hydroxyl groups is 2. The van der Waals surface area contributed by atoms with Gasteiger partial charge in [-0.25, -0.2) is 8.78 Å². The molecular formula is C21H27F2NO3. The molecule has 0 fully saturated rings. The van der Waals surface area contributed by atoms with E-state index in [0.717, 1.165) is 12.8 Å². The van der Waals surface area contributed by atoms with E-state index in [1.54, 1.807) is 12.1 Å². The number of ether oxygens (including phenoxy) is 1. The molecule has 0 aliphatic rings. The highest BCUT2D eigenvalue weighted by atomic mass is 19.3. The summed E-state index contributed by atoms with van der Waals surface area (Å²) in [5.74, 6) is 0.185. The summed E-state index contributed by atoms with van der Waals surface area (Å²) in [5.41, 5.74) is 6.41. The number of halogens is 2. The van der Waals surface area contributed by atoms with Crippen LogP contribution in [0.1, 0.15) is 36.0 Å².